The second kappa shape index (κ2) is 4.95. The van der Waals surface area contributed by atoms with E-state index in [0.717, 1.165) is 36.4 Å². The zero-order valence-electron chi connectivity index (χ0n) is 12.9. The topological polar surface area (TPSA) is 50.1 Å². The molecule has 6 nitrogen and oxygen atoms in total. The van der Waals surface area contributed by atoms with Crippen molar-refractivity contribution in [2.24, 2.45) is 0 Å². The Labute approximate surface area is 123 Å². The van der Waals surface area contributed by atoms with Crippen LogP contribution in [0, 0.1) is 0 Å². The number of pyridine rings is 1. The number of hydrogen-bond donors (Lipinski definition) is 0. The molecule has 0 N–H and O–H groups in total. The normalized spacial score (nSPS) is 14.2. The number of imidazole rings is 1. The second-order valence-corrected chi connectivity index (χ2v) is 5.59. The van der Waals surface area contributed by atoms with Crippen molar-refractivity contribution < 1.29 is 9.53 Å². The number of anilines is 2. The van der Waals surface area contributed by atoms with E-state index in [1.807, 2.05) is 25.5 Å². The highest BCUT2D eigenvalue weighted by atomic mass is 16.5. The first-order valence-electron chi connectivity index (χ1n) is 7.04. The average Bonchev–Trinajstić information content (AvgIpc) is 2.92. The van der Waals surface area contributed by atoms with Crippen molar-refractivity contribution in [3.8, 4) is 0 Å². The van der Waals surface area contributed by atoms with Gasteiger partial charge in [0, 0.05) is 33.3 Å². The highest BCUT2D eigenvalue weighted by molar-refractivity contribution is 6.05. The van der Waals surface area contributed by atoms with Crippen LogP contribution in [-0.4, -0.2) is 50.2 Å². The zero-order valence-corrected chi connectivity index (χ0v) is 12.9. The Morgan fingerprint density at radius 2 is 2.19 bits per heavy atom. The Bertz CT molecular complexity index is 705. The van der Waals surface area contributed by atoms with Crippen LogP contribution in [0.2, 0.25) is 0 Å². The van der Waals surface area contributed by atoms with Gasteiger partial charge in [-0.25, -0.2) is 9.78 Å². The minimum Gasteiger partial charge on any atom is -0.465 e. The minimum atomic E-state index is -0.309. The Hall–Kier alpha value is -2.24. The Morgan fingerprint density at radius 3 is 2.86 bits per heavy atom. The number of fused-ring (bicyclic) bond motifs is 2. The summed E-state index contributed by atoms with van der Waals surface area (Å²) in [7, 11) is 7.48. The predicted molar refractivity (Wildman–Crippen MR) is 82.4 cm³/mol. The maximum atomic E-state index is 12.3. The minimum absolute atomic E-state index is 0.309. The molecular weight excluding hydrogens is 268 g/mol. The zero-order chi connectivity index (χ0) is 15.1. The number of carbonyl (C=O) groups is 1. The largest absolute Gasteiger partial charge is 0.465 e. The molecule has 0 saturated carbocycles. The van der Waals surface area contributed by atoms with Crippen LogP contribution in [0.5, 0.6) is 0 Å². The van der Waals surface area contributed by atoms with Crippen LogP contribution in [0.1, 0.15) is 22.3 Å². The van der Waals surface area contributed by atoms with Crippen molar-refractivity contribution in [3.63, 3.8) is 0 Å². The average molecular weight is 288 g/mol. The van der Waals surface area contributed by atoms with E-state index in [0.29, 0.717) is 5.56 Å². The fourth-order valence-corrected chi connectivity index (χ4v) is 3.22. The molecule has 112 valence electrons. The molecule has 0 fully saturated rings. The van der Waals surface area contributed by atoms with Gasteiger partial charge in [0.25, 0.3) is 0 Å². The third kappa shape index (κ3) is 1.93. The van der Waals surface area contributed by atoms with Gasteiger partial charge >= 0.3 is 5.97 Å². The SMILES string of the molecule is COC(=O)c1c2c(c(N(C)C)n3cncc13)CCCN2C. The van der Waals surface area contributed by atoms with Gasteiger partial charge in [0.1, 0.15) is 17.7 Å². The van der Waals surface area contributed by atoms with Gasteiger partial charge in [-0.15, -0.1) is 0 Å². The summed E-state index contributed by atoms with van der Waals surface area (Å²) in [5.74, 6) is 0.771. The van der Waals surface area contributed by atoms with Gasteiger partial charge in [0.15, 0.2) is 0 Å². The molecule has 1 aliphatic heterocycles. The molecule has 0 spiro atoms. The fourth-order valence-electron chi connectivity index (χ4n) is 3.22. The highest BCUT2D eigenvalue weighted by Crippen LogP contribution is 2.39. The van der Waals surface area contributed by atoms with E-state index < -0.39 is 0 Å². The number of nitrogens with zero attached hydrogens (tertiary/aromatic N) is 4. The van der Waals surface area contributed by atoms with Crippen molar-refractivity contribution in [3.05, 3.63) is 23.7 Å². The first kappa shape index (κ1) is 13.7. The highest BCUT2D eigenvalue weighted by Gasteiger charge is 2.29. The first-order valence-corrected chi connectivity index (χ1v) is 7.04. The Kier molecular flexibility index (Phi) is 3.23. The molecule has 21 heavy (non-hydrogen) atoms. The van der Waals surface area contributed by atoms with Gasteiger partial charge in [0.2, 0.25) is 0 Å². The summed E-state index contributed by atoms with van der Waals surface area (Å²) in [6.07, 6.45) is 5.50. The van der Waals surface area contributed by atoms with Crippen LogP contribution >= 0.6 is 0 Å². The second-order valence-electron chi connectivity index (χ2n) is 5.59. The van der Waals surface area contributed by atoms with Gasteiger partial charge < -0.3 is 14.5 Å². The molecular formula is C15H20N4O2. The molecule has 1 aliphatic rings. The number of ether oxygens (including phenoxy) is 1. The molecule has 3 rings (SSSR count). The molecule has 2 aromatic heterocycles. The monoisotopic (exact) mass is 288 g/mol. The number of esters is 1. The summed E-state index contributed by atoms with van der Waals surface area (Å²) in [6, 6.07) is 0. The van der Waals surface area contributed by atoms with E-state index >= 15 is 0 Å². The van der Waals surface area contributed by atoms with Crippen molar-refractivity contribution in [1.82, 2.24) is 9.38 Å². The summed E-state index contributed by atoms with van der Waals surface area (Å²) in [6.45, 7) is 0.939. The van der Waals surface area contributed by atoms with Crippen LogP contribution in [0.3, 0.4) is 0 Å². The maximum absolute atomic E-state index is 12.3. The van der Waals surface area contributed by atoms with Crippen molar-refractivity contribution in [2.45, 2.75) is 12.8 Å². The van der Waals surface area contributed by atoms with Crippen molar-refractivity contribution >= 4 is 23.0 Å². The number of methoxy groups -OCH3 is 1. The lowest BCUT2D eigenvalue weighted by molar-refractivity contribution is 0.0603. The first-order chi connectivity index (χ1) is 10.1. The molecule has 0 bridgehead atoms. The molecule has 0 unspecified atom stereocenters. The standard InChI is InChI=1S/C15H20N4O2/c1-17(2)14-10-6-5-7-18(3)13(10)12(15(20)21-4)11-8-16-9-19(11)14/h8-9H,5-7H2,1-4H3. The summed E-state index contributed by atoms with van der Waals surface area (Å²) in [5.41, 5.74) is 3.56. The third-order valence-corrected chi connectivity index (χ3v) is 4.03. The van der Waals surface area contributed by atoms with Gasteiger partial charge in [-0.3, -0.25) is 4.40 Å². The van der Waals surface area contributed by atoms with E-state index in [9.17, 15) is 4.79 Å². The molecule has 0 amide bonds. The van der Waals surface area contributed by atoms with Gasteiger partial charge in [0.05, 0.1) is 24.5 Å². The third-order valence-electron chi connectivity index (χ3n) is 4.03. The molecule has 3 heterocycles. The van der Waals surface area contributed by atoms with E-state index in [-0.39, 0.29) is 5.97 Å². The quantitative estimate of drug-likeness (QED) is 0.785. The van der Waals surface area contributed by atoms with Crippen molar-refractivity contribution in [1.29, 1.82) is 0 Å². The smallest absolute Gasteiger partial charge is 0.342 e. The van der Waals surface area contributed by atoms with Crippen molar-refractivity contribution in [2.75, 3.05) is 44.6 Å². The lowest BCUT2D eigenvalue weighted by Crippen LogP contribution is -2.30. The number of rotatable bonds is 2. The lowest BCUT2D eigenvalue weighted by Gasteiger charge is -2.33. The van der Waals surface area contributed by atoms with Crippen LogP contribution in [0.15, 0.2) is 12.5 Å². The number of aromatic nitrogens is 2. The van der Waals surface area contributed by atoms with Gasteiger partial charge in [-0.2, -0.15) is 0 Å². The Morgan fingerprint density at radius 1 is 1.43 bits per heavy atom. The van der Waals surface area contributed by atoms with Gasteiger partial charge in [-0.1, -0.05) is 0 Å². The van der Waals surface area contributed by atoms with Crippen LogP contribution < -0.4 is 9.80 Å². The number of carbonyl (C=O) groups excluding carboxylic acids is 1. The van der Waals surface area contributed by atoms with E-state index in [2.05, 4.69) is 14.8 Å². The molecule has 6 heteroatoms. The summed E-state index contributed by atoms with van der Waals surface area (Å²) >= 11 is 0. The van der Waals surface area contributed by atoms with Crippen LogP contribution in [-0.2, 0) is 11.2 Å². The molecule has 0 saturated heterocycles. The molecule has 0 radical (unpaired) electrons. The predicted octanol–water partition coefficient (Wildman–Crippen LogP) is 1.57. The fraction of sp³-hybridized carbons (Fsp3) is 0.467. The van der Waals surface area contributed by atoms with Crippen LogP contribution in [0.4, 0.5) is 11.5 Å². The van der Waals surface area contributed by atoms with Gasteiger partial charge in [-0.05, 0) is 12.8 Å². The maximum Gasteiger partial charge on any atom is 0.342 e. The van der Waals surface area contributed by atoms with E-state index in [4.69, 9.17) is 4.74 Å². The Balaban J connectivity index is 2.45. The molecule has 0 aliphatic carbocycles. The lowest BCUT2D eigenvalue weighted by atomic mass is 9.98. The summed E-state index contributed by atoms with van der Waals surface area (Å²) in [4.78, 5) is 20.8. The van der Waals surface area contributed by atoms with E-state index in [1.165, 1.54) is 12.7 Å². The summed E-state index contributed by atoms with van der Waals surface area (Å²) < 4.78 is 6.98. The van der Waals surface area contributed by atoms with Crippen LogP contribution in [0.25, 0.3) is 5.52 Å². The summed E-state index contributed by atoms with van der Waals surface area (Å²) in [5, 5.41) is 0. The van der Waals surface area contributed by atoms with E-state index in [1.54, 1.807) is 12.5 Å². The molecule has 2 aromatic rings. The molecule has 0 aromatic carbocycles. The molecule has 0 atom stereocenters. The number of hydrogen-bond acceptors (Lipinski definition) is 5.